The van der Waals surface area contributed by atoms with Gasteiger partial charge < -0.3 is 10.2 Å². The van der Waals surface area contributed by atoms with E-state index in [0.717, 1.165) is 5.69 Å². The maximum atomic E-state index is 12.2. The molecule has 0 aliphatic rings. The molecule has 120 valence electrons. The summed E-state index contributed by atoms with van der Waals surface area (Å²) in [7, 11) is 1.90. The van der Waals surface area contributed by atoms with Gasteiger partial charge in [-0.1, -0.05) is 24.3 Å². The van der Waals surface area contributed by atoms with Crippen molar-refractivity contribution in [3.63, 3.8) is 0 Å². The molecule has 4 nitrogen and oxygen atoms in total. The van der Waals surface area contributed by atoms with Crippen LogP contribution in [-0.2, 0) is 4.79 Å². The van der Waals surface area contributed by atoms with Crippen LogP contribution >= 0.6 is 0 Å². The summed E-state index contributed by atoms with van der Waals surface area (Å²) in [6.07, 6.45) is 0. The highest BCUT2D eigenvalue weighted by molar-refractivity contribution is 5.98. The third kappa shape index (κ3) is 4.19. The Labute approximate surface area is 137 Å². The molecule has 2 aromatic carbocycles. The van der Waals surface area contributed by atoms with Gasteiger partial charge in [0.05, 0.1) is 6.54 Å². The van der Waals surface area contributed by atoms with Crippen LogP contribution < -0.4 is 10.2 Å². The largest absolute Gasteiger partial charge is 0.365 e. The molecule has 2 aromatic rings. The number of benzene rings is 2. The van der Waals surface area contributed by atoms with Gasteiger partial charge in [-0.2, -0.15) is 0 Å². The Kier molecular flexibility index (Phi) is 5.16. The van der Waals surface area contributed by atoms with E-state index in [0.29, 0.717) is 11.3 Å². The average molecular weight is 310 g/mol. The molecule has 0 unspecified atom stereocenters. The monoisotopic (exact) mass is 310 g/mol. The van der Waals surface area contributed by atoms with Crippen molar-refractivity contribution in [3.05, 3.63) is 59.2 Å². The number of anilines is 2. The number of likely N-dealkylation sites (N-methyl/N-ethyl adjacent to an activating group) is 1. The number of nitrogens with one attached hydrogen (secondary N) is 1. The molecule has 4 heteroatoms. The number of ketones is 1. The van der Waals surface area contributed by atoms with Gasteiger partial charge in [0.2, 0.25) is 5.91 Å². The molecule has 0 radical (unpaired) electrons. The molecule has 0 aromatic heterocycles. The summed E-state index contributed by atoms with van der Waals surface area (Å²) >= 11 is 0. The molecule has 0 spiro atoms. The number of amides is 1. The van der Waals surface area contributed by atoms with Crippen molar-refractivity contribution in [1.82, 2.24) is 0 Å². The molecular weight excluding hydrogens is 288 g/mol. The lowest BCUT2D eigenvalue weighted by atomic mass is 10.1. The second-order valence-electron chi connectivity index (χ2n) is 5.76. The standard InChI is InChI=1S/C19H22N2O2/c1-13-7-5-10-18(14(13)2)21(4)12-19(23)20-17-9-6-8-16(11-17)15(3)22/h5-11H,12H2,1-4H3,(H,20,23). The van der Waals surface area contributed by atoms with E-state index in [2.05, 4.69) is 25.2 Å². The van der Waals surface area contributed by atoms with Gasteiger partial charge in [-0.05, 0) is 50.1 Å². The van der Waals surface area contributed by atoms with Crippen molar-refractivity contribution >= 4 is 23.1 Å². The quantitative estimate of drug-likeness (QED) is 0.859. The van der Waals surface area contributed by atoms with Crippen molar-refractivity contribution in [2.45, 2.75) is 20.8 Å². The summed E-state index contributed by atoms with van der Waals surface area (Å²) in [5.41, 5.74) is 4.63. The van der Waals surface area contributed by atoms with E-state index < -0.39 is 0 Å². The van der Waals surface area contributed by atoms with Gasteiger partial charge in [0.15, 0.2) is 5.78 Å². The molecular formula is C19H22N2O2. The lowest BCUT2D eigenvalue weighted by Gasteiger charge is -2.22. The van der Waals surface area contributed by atoms with Gasteiger partial charge in [-0.15, -0.1) is 0 Å². The topological polar surface area (TPSA) is 49.4 Å². The summed E-state index contributed by atoms with van der Waals surface area (Å²) in [5.74, 6) is -0.136. The molecule has 1 amide bonds. The minimum atomic E-state index is -0.117. The van der Waals surface area contributed by atoms with Gasteiger partial charge in [0, 0.05) is 24.0 Å². The fourth-order valence-corrected chi connectivity index (χ4v) is 2.47. The maximum Gasteiger partial charge on any atom is 0.243 e. The number of carbonyl (C=O) groups is 2. The Morgan fingerprint density at radius 1 is 1.09 bits per heavy atom. The van der Waals surface area contributed by atoms with Crippen molar-refractivity contribution in [1.29, 1.82) is 0 Å². The molecule has 23 heavy (non-hydrogen) atoms. The van der Waals surface area contributed by atoms with E-state index in [1.165, 1.54) is 18.1 Å². The van der Waals surface area contributed by atoms with Crippen LogP contribution in [0.15, 0.2) is 42.5 Å². The number of hydrogen-bond donors (Lipinski definition) is 1. The predicted octanol–water partition coefficient (Wildman–Crippen LogP) is 3.58. The molecule has 0 fully saturated rings. The van der Waals surface area contributed by atoms with Crippen LogP contribution in [0.3, 0.4) is 0 Å². The number of aryl methyl sites for hydroxylation is 1. The van der Waals surface area contributed by atoms with Crippen LogP contribution in [0, 0.1) is 13.8 Å². The Morgan fingerprint density at radius 2 is 1.78 bits per heavy atom. The third-order valence-electron chi connectivity index (χ3n) is 3.92. The Morgan fingerprint density at radius 3 is 2.48 bits per heavy atom. The third-order valence-corrected chi connectivity index (χ3v) is 3.92. The van der Waals surface area contributed by atoms with Gasteiger partial charge in [-0.25, -0.2) is 0 Å². The SMILES string of the molecule is CC(=O)c1cccc(NC(=O)CN(C)c2cccc(C)c2C)c1. The number of Topliss-reactive ketones (excluding diaryl/α,β-unsaturated/α-hetero) is 1. The Balaban J connectivity index is 2.06. The first-order valence-electron chi connectivity index (χ1n) is 7.56. The van der Waals surface area contributed by atoms with Crippen molar-refractivity contribution in [3.8, 4) is 0 Å². The number of carbonyl (C=O) groups excluding carboxylic acids is 2. The minimum absolute atomic E-state index is 0.0198. The van der Waals surface area contributed by atoms with Crippen LogP contribution in [0.2, 0.25) is 0 Å². The van der Waals surface area contributed by atoms with Gasteiger partial charge in [0.25, 0.3) is 0 Å². The first-order chi connectivity index (χ1) is 10.9. The first kappa shape index (κ1) is 16.7. The number of hydrogen-bond acceptors (Lipinski definition) is 3. The van der Waals surface area contributed by atoms with E-state index in [1.54, 1.807) is 24.3 Å². The van der Waals surface area contributed by atoms with Crippen LogP contribution in [0.4, 0.5) is 11.4 Å². The van der Waals surface area contributed by atoms with Crippen LogP contribution in [0.5, 0.6) is 0 Å². The summed E-state index contributed by atoms with van der Waals surface area (Å²) in [5, 5.41) is 2.84. The van der Waals surface area contributed by atoms with E-state index in [4.69, 9.17) is 0 Å². The zero-order chi connectivity index (χ0) is 17.0. The summed E-state index contributed by atoms with van der Waals surface area (Å²) in [6.45, 7) is 5.86. The molecule has 0 heterocycles. The van der Waals surface area contributed by atoms with Crippen LogP contribution in [0.25, 0.3) is 0 Å². The summed E-state index contributed by atoms with van der Waals surface area (Å²) in [6, 6.07) is 13.0. The smallest absolute Gasteiger partial charge is 0.243 e. The summed E-state index contributed by atoms with van der Waals surface area (Å²) in [4.78, 5) is 25.6. The highest BCUT2D eigenvalue weighted by Crippen LogP contribution is 2.21. The molecule has 1 N–H and O–H groups in total. The van der Waals surface area contributed by atoms with E-state index in [1.807, 2.05) is 24.1 Å². The molecule has 0 aliphatic heterocycles. The minimum Gasteiger partial charge on any atom is -0.365 e. The summed E-state index contributed by atoms with van der Waals surface area (Å²) < 4.78 is 0. The van der Waals surface area contributed by atoms with Crippen molar-refractivity contribution in [2.75, 3.05) is 23.8 Å². The Bertz CT molecular complexity index is 738. The molecule has 0 bridgehead atoms. The lowest BCUT2D eigenvalue weighted by Crippen LogP contribution is -2.30. The highest BCUT2D eigenvalue weighted by Gasteiger charge is 2.11. The van der Waals surface area contributed by atoms with E-state index in [-0.39, 0.29) is 18.2 Å². The maximum absolute atomic E-state index is 12.2. The second-order valence-corrected chi connectivity index (χ2v) is 5.76. The molecule has 0 atom stereocenters. The normalized spacial score (nSPS) is 10.3. The lowest BCUT2D eigenvalue weighted by molar-refractivity contribution is -0.114. The van der Waals surface area contributed by atoms with Crippen LogP contribution in [-0.4, -0.2) is 25.3 Å². The number of rotatable bonds is 5. The van der Waals surface area contributed by atoms with Crippen LogP contribution in [0.1, 0.15) is 28.4 Å². The predicted molar refractivity (Wildman–Crippen MR) is 94.3 cm³/mol. The molecule has 0 saturated heterocycles. The van der Waals surface area contributed by atoms with Crippen molar-refractivity contribution < 1.29 is 9.59 Å². The van der Waals surface area contributed by atoms with E-state index >= 15 is 0 Å². The first-order valence-corrected chi connectivity index (χ1v) is 7.56. The highest BCUT2D eigenvalue weighted by atomic mass is 16.2. The van der Waals surface area contributed by atoms with Gasteiger partial charge in [-0.3, -0.25) is 9.59 Å². The molecule has 0 aliphatic carbocycles. The fraction of sp³-hybridized carbons (Fsp3) is 0.263. The van der Waals surface area contributed by atoms with Crippen molar-refractivity contribution in [2.24, 2.45) is 0 Å². The second kappa shape index (κ2) is 7.09. The van der Waals surface area contributed by atoms with Gasteiger partial charge >= 0.3 is 0 Å². The molecule has 2 rings (SSSR count). The number of nitrogens with zero attached hydrogens (tertiary/aromatic N) is 1. The van der Waals surface area contributed by atoms with E-state index in [9.17, 15) is 9.59 Å². The van der Waals surface area contributed by atoms with Gasteiger partial charge in [0.1, 0.15) is 0 Å². The molecule has 0 saturated carbocycles. The zero-order valence-electron chi connectivity index (χ0n) is 14.0. The fourth-order valence-electron chi connectivity index (χ4n) is 2.47. The Hall–Kier alpha value is -2.62. The average Bonchev–Trinajstić information content (AvgIpc) is 2.50. The zero-order valence-corrected chi connectivity index (χ0v) is 14.0.